The van der Waals surface area contributed by atoms with E-state index in [0.29, 0.717) is 15.5 Å². The number of benzene rings is 2. The van der Waals surface area contributed by atoms with Gasteiger partial charge < -0.3 is 9.64 Å². The van der Waals surface area contributed by atoms with Gasteiger partial charge in [-0.25, -0.2) is 9.78 Å². The van der Waals surface area contributed by atoms with Crippen molar-refractivity contribution in [2.45, 2.75) is 13.5 Å². The molecule has 4 rings (SSSR count). The number of carbonyl (C=O) groups excluding carboxylic acids is 1. The largest absolute Gasteiger partial charge is 0.457 e. The molecule has 2 aromatic heterocycles. The van der Waals surface area contributed by atoms with E-state index in [1.165, 1.54) is 11.3 Å². The van der Waals surface area contributed by atoms with Gasteiger partial charge in [-0.15, -0.1) is 11.3 Å². The molecule has 0 saturated heterocycles. The molecule has 0 N–H and O–H groups in total. The SMILES string of the molecule is Cc1c(C(=O)OCc2ccccc2)sc2nc(Cl)nc(N(C)c3ccccc3)c12. The molecule has 5 nitrogen and oxygen atoms in total. The molecule has 4 aromatic rings. The van der Waals surface area contributed by atoms with Crippen molar-refractivity contribution < 1.29 is 9.53 Å². The van der Waals surface area contributed by atoms with Crippen LogP contribution in [0.4, 0.5) is 11.5 Å². The van der Waals surface area contributed by atoms with Crippen molar-refractivity contribution in [2.75, 3.05) is 11.9 Å². The van der Waals surface area contributed by atoms with Crippen LogP contribution in [-0.2, 0) is 11.3 Å². The van der Waals surface area contributed by atoms with Crippen LogP contribution in [0.2, 0.25) is 5.28 Å². The zero-order chi connectivity index (χ0) is 20.4. The Morgan fingerprint density at radius 3 is 2.41 bits per heavy atom. The number of rotatable bonds is 5. The number of anilines is 2. The molecule has 0 unspecified atom stereocenters. The fourth-order valence-corrected chi connectivity index (χ4v) is 4.38. The Labute approximate surface area is 177 Å². The Kier molecular flexibility index (Phi) is 5.47. The van der Waals surface area contributed by atoms with Crippen LogP contribution in [0.15, 0.2) is 60.7 Å². The van der Waals surface area contributed by atoms with Crippen molar-refractivity contribution in [1.29, 1.82) is 0 Å². The highest BCUT2D eigenvalue weighted by molar-refractivity contribution is 7.20. The van der Waals surface area contributed by atoms with Gasteiger partial charge in [0, 0.05) is 12.7 Å². The molecular weight excluding hydrogens is 406 g/mol. The molecule has 0 aliphatic carbocycles. The summed E-state index contributed by atoms with van der Waals surface area (Å²) in [5.74, 6) is 0.279. The smallest absolute Gasteiger partial charge is 0.349 e. The van der Waals surface area contributed by atoms with Crippen molar-refractivity contribution >= 4 is 50.6 Å². The van der Waals surface area contributed by atoms with Crippen LogP contribution >= 0.6 is 22.9 Å². The number of nitrogens with zero attached hydrogens (tertiary/aromatic N) is 3. The van der Waals surface area contributed by atoms with Crippen molar-refractivity contribution in [2.24, 2.45) is 0 Å². The van der Waals surface area contributed by atoms with Gasteiger partial charge in [-0.05, 0) is 41.8 Å². The fourth-order valence-electron chi connectivity index (χ4n) is 3.09. The first-order chi connectivity index (χ1) is 14.0. The average Bonchev–Trinajstić information content (AvgIpc) is 3.08. The highest BCUT2D eigenvalue weighted by atomic mass is 35.5. The minimum absolute atomic E-state index is 0.140. The standard InChI is InChI=1S/C22H18ClN3O2S/c1-14-17-19(26(2)16-11-7-4-8-12-16)24-22(23)25-20(17)29-18(14)21(27)28-13-15-9-5-3-6-10-15/h3-12H,13H2,1-2H3. The summed E-state index contributed by atoms with van der Waals surface area (Å²) in [5, 5.41) is 0.943. The van der Waals surface area contributed by atoms with Crippen LogP contribution < -0.4 is 4.90 Å². The maximum Gasteiger partial charge on any atom is 0.349 e. The number of para-hydroxylation sites is 1. The van der Waals surface area contributed by atoms with Crippen LogP contribution in [0.3, 0.4) is 0 Å². The number of aryl methyl sites for hydroxylation is 1. The van der Waals surface area contributed by atoms with E-state index in [2.05, 4.69) is 9.97 Å². The number of carbonyl (C=O) groups is 1. The Bertz CT molecular complexity index is 1160. The van der Waals surface area contributed by atoms with Crippen molar-refractivity contribution in [3.05, 3.63) is 82.0 Å². The molecule has 0 aliphatic heterocycles. The molecule has 0 atom stereocenters. The zero-order valence-electron chi connectivity index (χ0n) is 15.9. The molecule has 29 heavy (non-hydrogen) atoms. The molecule has 0 aliphatic rings. The third-order valence-corrected chi connectivity index (χ3v) is 5.94. The number of fused-ring (bicyclic) bond motifs is 1. The van der Waals surface area contributed by atoms with E-state index in [1.807, 2.05) is 79.5 Å². The second kappa shape index (κ2) is 8.19. The number of aromatic nitrogens is 2. The summed E-state index contributed by atoms with van der Waals surface area (Å²) < 4.78 is 5.52. The fraction of sp³-hybridized carbons (Fsp3) is 0.136. The normalized spacial score (nSPS) is 10.9. The molecule has 0 amide bonds. The Morgan fingerprint density at radius 1 is 1.07 bits per heavy atom. The van der Waals surface area contributed by atoms with Crippen LogP contribution in [0.5, 0.6) is 0 Å². The third-order valence-electron chi connectivity index (χ3n) is 4.60. The lowest BCUT2D eigenvalue weighted by Crippen LogP contribution is -2.12. The van der Waals surface area contributed by atoms with E-state index in [0.717, 1.165) is 22.2 Å². The molecular formula is C22H18ClN3O2S. The first-order valence-electron chi connectivity index (χ1n) is 9.01. The van der Waals surface area contributed by atoms with Crippen LogP contribution in [0.1, 0.15) is 20.8 Å². The number of thiophene rings is 1. The Balaban J connectivity index is 1.70. The first kappa shape index (κ1) is 19.4. The molecule has 2 heterocycles. The number of hydrogen-bond donors (Lipinski definition) is 0. The maximum atomic E-state index is 12.7. The summed E-state index contributed by atoms with van der Waals surface area (Å²) in [7, 11) is 1.91. The van der Waals surface area contributed by atoms with Gasteiger partial charge in [0.25, 0.3) is 0 Å². The average molecular weight is 424 g/mol. The molecule has 7 heteroatoms. The minimum Gasteiger partial charge on any atom is -0.457 e. The second-order valence-corrected chi connectivity index (χ2v) is 7.85. The predicted molar refractivity (Wildman–Crippen MR) is 117 cm³/mol. The van der Waals surface area contributed by atoms with Gasteiger partial charge in [0.05, 0.1) is 5.39 Å². The van der Waals surface area contributed by atoms with Gasteiger partial charge in [0.1, 0.15) is 22.1 Å². The van der Waals surface area contributed by atoms with E-state index in [1.54, 1.807) is 0 Å². The molecule has 0 bridgehead atoms. The van der Waals surface area contributed by atoms with Crippen molar-refractivity contribution in [3.63, 3.8) is 0 Å². The summed E-state index contributed by atoms with van der Waals surface area (Å²) in [6, 6.07) is 19.4. The summed E-state index contributed by atoms with van der Waals surface area (Å²) in [6.07, 6.45) is 0. The number of hydrogen-bond acceptors (Lipinski definition) is 6. The number of ether oxygens (including phenoxy) is 1. The van der Waals surface area contributed by atoms with E-state index < -0.39 is 0 Å². The topological polar surface area (TPSA) is 55.3 Å². The molecule has 0 spiro atoms. The molecule has 0 saturated carbocycles. The molecule has 2 aromatic carbocycles. The molecule has 0 radical (unpaired) electrons. The van der Waals surface area contributed by atoms with E-state index >= 15 is 0 Å². The Morgan fingerprint density at radius 2 is 1.72 bits per heavy atom. The van der Waals surface area contributed by atoms with E-state index in [-0.39, 0.29) is 17.9 Å². The maximum absolute atomic E-state index is 12.7. The lowest BCUT2D eigenvalue weighted by molar-refractivity contribution is 0.0478. The molecule has 146 valence electrons. The van der Waals surface area contributed by atoms with Gasteiger partial charge in [-0.2, -0.15) is 4.98 Å². The quantitative estimate of drug-likeness (QED) is 0.301. The monoisotopic (exact) mass is 423 g/mol. The van der Waals surface area contributed by atoms with Gasteiger partial charge in [-0.3, -0.25) is 0 Å². The zero-order valence-corrected chi connectivity index (χ0v) is 17.5. The van der Waals surface area contributed by atoms with Crippen LogP contribution in [0, 0.1) is 6.92 Å². The third kappa shape index (κ3) is 3.95. The van der Waals surface area contributed by atoms with Gasteiger partial charge in [-0.1, -0.05) is 48.5 Å². The second-order valence-electron chi connectivity index (χ2n) is 6.51. The molecule has 0 fully saturated rings. The predicted octanol–water partition coefficient (Wildman–Crippen LogP) is 5.78. The van der Waals surface area contributed by atoms with E-state index in [9.17, 15) is 4.79 Å². The number of esters is 1. The van der Waals surface area contributed by atoms with Crippen LogP contribution in [0.25, 0.3) is 10.2 Å². The Hall–Kier alpha value is -2.96. The lowest BCUT2D eigenvalue weighted by atomic mass is 10.2. The summed E-state index contributed by atoms with van der Waals surface area (Å²) in [4.78, 5) is 24.6. The lowest BCUT2D eigenvalue weighted by Gasteiger charge is -2.19. The first-order valence-corrected chi connectivity index (χ1v) is 10.2. The number of halogens is 1. The minimum atomic E-state index is -0.376. The van der Waals surface area contributed by atoms with Gasteiger partial charge in [0.2, 0.25) is 5.28 Å². The van der Waals surface area contributed by atoms with Crippen molar-refractivity contribution in [3.8, 4) is 0 Å². The highest BCUT2D eigenvalue weighted by Gasteiger charge is 2.23. The van der Waals surface area contributed by atoms with Gasteiger partial charge >= 0.3 is 5.97 Å². The highest BCUT2D eigenvalue weighted by Crippen LogP contribution is 2.38. The summed E-state index contributed by atoms with van der Waals surface area (Å²) in [6.45, 7) is 2.11. The summed E-state index contributed by atoms with van der Waals surface area (Å²) in [5.41, 5.74) is 2.69. The summed E-state index contributed by atoms with van der Waals surface area (Å²) >= 11 is 7.45. The van der Waals surface area contributed by atoms with Crippen LogP contribution in [-0.4, -0.2) is 23.0 Å². The van der Waals surface area contributed by atoms with Crippen molar-refractivity contribution in [1.82, 2.24) is 9.97 Å². The van der Waals surface area contributed by atoms with E-state index in [4.69, 9.17) is 16.3 Å². The van der Waals surface area contributed by atoms with Gasteiger partial charge in [0.15, 0.2) is 0 Å².